The van der Waals surface area contributed by atoms with Crippen molar-refractivity contribution < 1.29 is 23.3 Å². The minimum atomic E-state index is -1.43. The molecule has 0 bridgehead atoms. The van der Waals surface area contributed by atoms with Gasteiger partial charge in [0.2, 0.25) is 0 Å². The van der Waals surface area contributed by atoms with Gasteiger partial charge in [-0.1, -0.05) is 6.07 Å². The van der Waals surface area contributed by atoms with Gasteiger partial charge in [-0.25, -0.2) is 4.39 Å². The summed E-state index contributed by atoms with van der Waals surface area (Å²) >= 11 is 0. The number of hydrogen-bond acceptors (Lipinski definition) is 5. The zero-order valence-corrected chi connectivity index (χ0v) is 15.1. The smallest absolute Gasteiger partial charge is 0.168 e. The fourth-order valence-electron chi connectivity index (χ4n) is 2.89. The predicted octanol–water partition coefficient (Wildman–Crippen LogP) is 4.33. The summed E-state index contributed by atoms with van der Waals surface area (Å²) in [6, 6.07) is 10.3. The maximum absolute atomic E-state index is 15.3. The molecule has 26 heavy (non-hydrogen) atoms. The summed E-state index contributed by atoms with van der Waals surface area (Å²) in [5, 5.41) is 1.48. The summed E-state index contributed by atoms with van der Waals surface area (Å²) in [7, 11) is 6.16. The molecule has 3 rings (SSSR count). The average molecular weight is 356 g/mol. The molecular formula is C20H20FNO4. The van der Waals surface area contributed by atoms with Gasteiger partial charge in [0.15, 0.2) is 29.2 Å². The average Bonchev–Trinajstić information content (AvgIpc) is 2.70. The first kappa shape index (κ1) is 17.8. The van der Waals surface area contributed by atoms with Gasteiger partial charge >= 0.3 is 0 Å². The molecule has 0 spiro atoms. The number of hydrogen-bond donors (Lipinski definition) is 0. The van der Waals surface area contributed by atoms with Crippen molar-refractivity contribution in [1.82, 2.24) is 4.98 Å². The van der Waals surface area contributed by atoms with Gasteiger partial charge in [0.1, 0.15) is 0 Å². The Morgan fingerprint density at radius 2 is 1.38 bits per heavy atom. The van der Waals surface area contributed by atoms with Crippen LogP contribution < -0.4 is 18.9 Å². The summed E-state index contributed by atoms with van der Waals surface area (Å²) < 4.78 is 36.5. The molecular weight excluding hydrogens is 336 g/mol. The van der Waals surface area contributed by atoms with Crippen molar-refractivity contribution in [2.75, 3.05) is 28.4 Å². The van der Waals surface area contributed by atoms with E-state index in [0.717, 1.165) is 5.39 Å². The number of benzene rings is 2. The third-order valence-corrected chi connectivity index (χ3v) is 4.24. The first-order valence-electron chi connectivity index (χ1n) is 7.99. The second kappa shape index (κ2) is 7.47. The fraction of sp³-hybridized carbons (Fsp3) is 0.250. The van der Waals surface area contributed by atoms with Gasteiger partial charge in [0, 0.05) is 11.6 Å². The van der Waals surface area contributed by atoms with E-state index >= 15 is 4.39 Å². The van der Waals surface area contributed by atoms with E-state index in [9.17, 15) is 0 Å². The Hall–Kier alpha value is -3.02. The highest BCUT2D eigenvalue weighted by molar-refractivity contribution is 5.88. The number of fused-ring (bicyclic) bond motifs is 1. The van der Waals surface area contributed by atoms with Crippen LogP contribution in [0.2, 0.25) is 0 Å². The van der Waals surface area contributed by atoms with Crippen LogP contribution in [0, 0.1) is 0 Å². The molecule has 1 aromatic heterocycles. The molecule has 0 aliphatic rings. The second-order valence-corrected chi connectivity index (χ2v) is 5.60. The summed E-state index contributed by atoms with van der Waals surface area (Å²) in [6.45, 7) is 0. The van der Waals surface area contributed by atoms with Crippen LogP contribution in [0.15, 0.2) is 42.6 Å². The normalized spacial score (nSPS) is 11.9. The summed E-state index contributed by atoms with van der Waals surface area (Å²) in [5.74, 6) is 2.11. The predicted molar refractivity (Wildman–Crippen MR) is 97.3 cm³/mol. The van der Waals surface area contributed by atoms with Crippen molar-refractivity contribution in [3.63, 3.8) is 0 Å². The minimum absolute atomic E-state index is 0.302. The first-order valence-corrected chi connectivity index (χ1v) is 7.99. The van der Waals surface area contributed by atoms with Crippen LogP contribution in [0.1, 0.15) is 17.4 Å². The van der Waals surface area contributed by atoms with Gasteiger partial charge in [-0.2, -0.15) is 0 Å². The Bertz CT molecular complexity index is 929. The SMILES string of the molecule is COc1ccc(C([18F])c2nccc3cc(OC)c(OC)cc23)cc1OC. The molecule has 0 saturated heterocycles. The lowest BCUT2D eigenvalue weighted by Gasteiger charge is -2.15. The molecule has 1 atom stereocenters. The topological polar surface area (TPSA) is 49.8 Å². The van der Waals surface area contributed by atoms with Gasteiger partial charge in [-0.05, 0) is 41.3 Å². The summed E-state index contributed by atoms with van der Waals surface area (Å²) in [4.78, 5) is 4.27. The molecule has 1 unspecified atom stereocenters. The van der Waals surface area contributed by atoms with Crippen molar-refractivity contribution in [3.05, 3.63) is 53.9 Å². The molecule has 0 saturated carbocycles. The maximum Gasteiger partial charge on any atom is 0.168 e. The van der Waals surface area contributed by atoms with E-state index in [2.05, 4.69) is 4.98 Å². The van der Waals surface area contributed by atoms with E-state index in [-0.39, 0.29) is 0 Å². The highest BCUT2D eigenvalue weighted by Gasteiger charge is 2.20. The third-order valence-electron chi connectivity index (χ3n) is 4.24. The van der Waals surface area contributed by atoms with Crippen LogP contribution in [0.5, 0.6) is 23.0 Å². The zero-order valence-electron chi connectivity index (χ0n) is 15.1. The summed E-state index contributed by atoms with van der Waals surface area (Å²) in [6.07, 6.45) is 0.147. The fourth-order valence-corrected chi connectivity index (χ4v) is 2.89. The second-order valence-electron chi connectivity index (χ2n) is 5.60. The number of nitrogens with zero attached hydrogens (tertiary/aromatic N) is 1. The number of methoxy groups -OCH3 is 4. The number of rotatable bonds is 6. The quantitative estimate of drug-likeness (QED) is 0.658. The molecule has 0 aliphatic heterocycles. The molecule has 136 valence electrons. The molecule has 0 radical (unpaired) electrons. The van der Waals surface area contributed by atoms with Gasteiger partial charge in [-0.15, -0.1) is 0 Å². The van der Waals surface area contributed by atoms with Crippen molar-refractivity contribution in [2.45, 2.75) is 6.17 Å². The van der Waals surface area contributed by atoms with Crippen molar-refractivity contribution >= 4 is 10.8 Å². The van der Waals surface area contributed by atoms with E-state index < -0.39 is 6.17 Å². The number of ether oxygens (including phenoxy) is 4. The molecule has 5 nitrogen and oxygen atoms in total. The standard InChI is InChI=1S/C20H20FNO4/c1-23-15-6-5-13(10-16(15)24-2)19(21)20-14-11-18(26-4)17(25-3)9-12(14)7-8-22-20/h5-11,19H,1-4H3/i21-1. The number of aromatic nitrogens is 1. The van der Waals surface area contributed by atoms with Gasteiger partial charge < -0.3 is 18.9 Å². The van der Waals surface area contributed by atoms with E-state index in [1.807, 2.05) is 6.07 Å². The van der Waals surface area contributed by atoms with Gasteiger partial charge in [0.05, 0.1) is 34.1 Å². The Balaban J connectivity index is 2.12. The van der Waals surface area contributed by atoms with Crippen molar-refractivity contribution in [3.8, 4) is 23.0 Å². The van der Waals surface area contributed by atoms with Crippen LogP contribution in [0.25, 0.3) is 10.8 Å². The highest BCUT2D eigenvalue weighted by Crippen LogP contribution is 2.38. The number of pyridine rings is 1. The Morgan fingerprint density at radius 1 is 0.769 bits per heavy atom. The number of halogens is 1. The lowest BCUT2D eigenvalue weighted by Crippen LogP contribution is -2.01. The van der Waals surface area contributed by atoms with E-state index in [1.54, 1.807) is 50.7 Å². The van der Waals surface area contributed by atoms with Crippen molar-refractivity contribution in [1.29, 1.82) is 0 Å². The van der Waals surface area contributed by atoms with Crippen molar-refractivity contribution in [2.24, 2.45) is 0 Å². The Labute approximate surface area is 151 Å². The van der Waals surface area contributed by atoms with Crippen LogP contribution in [-0.4, -0.2) is 33.4 Å². The van der Waals surface area contributed by atoms with E-state index in [0.29, 0.717) is 39.6 Å². The van der Waals surface area contributed by atoms with Crippen LogP contribution in [-0.2, 0) is 0 Å². The molecule has 0 amide bonds. The maximum atomic E-state index is 15.3. The first-order chi connectivity index (χ1) is 12.6. The molecule has 0 N–H and O–H groups in total. The Kier molecular flexibility index (Phi) is 5.11. The number of alkyl halides is 1. The summed E-state index contributed by atoms with van der Waals surface area (Å²) in [5.41, 5.74) is 0.730. The third kappa shape index (κ3) is 3.10. The van der Waals surface area contributed by atoms with Crippen LogP contribution in [0.4, 0.5) is 4.39 Å². The zero-order chi connectivity index (χ0) is 18.7. The van der Waals surface area contributed by atoms with E-state index in [4.69, 9.17) is 18.9 Å². The molecule has 0 aliphatic carbocycles. The van der Waals surface area contributed by atoms with Gasteiger partial charge in [-0.3, -0.25) is 4.98 Å². The molecule has 6 heteroatoms. The lowest BCUT2D eigenvalue weighted by molar-refractivity contribution is 0.350. The monoisotopic (exact) mass is 356 g/mol. The largest absolute Gasteiger partial charge is 0.493 e. The highest BCUT2D eigenvalue weighted by atomic mass is 18.2. The van der Waals surface area contributed by atoms with E-state index in [1.165, 1.54) is 14.2 Å². The van der Waals surface area contributed by atoms with Crippen LogP contribution >= 0.6 is 0 Å². The minimum Gasteiger partial charge on any atom is -0.493 e. The van der Waals surface area contributed by atoms with Crippen LogP contribution in [0.3, 0.4) is 0 Å². The molecule has 2 aromatic carbocycles. The lowest BCUT2D eigenvalue weighted by atomic mass is 10.0. The van der Waals surface area contributed by atoms with Gasteiger partial charge in [0.25, 0.3) is 0 Å². The Morgan fingerprint density at radius 3 is 2.04 bits per heavy atom. The molecule has 0 fully saturated rings. The molecule has 3 aromatic rings. The molecule has 1 heterocycles.